The van der Waals surface area contributed by atoms with Crippen molar-refractivity contribution < 1.29 is 14.6 Å². The monoisotopic (exact) mass is 399 g/mol. The molecule has 4 nitrogen and oxygen atoms in total. The molecule has 5 rings (SSSR count). The molecule has 1 atom stereocenters. The third kappa shape index (κ3) is 3.54. The van der Waals surface area contributed by atoms with Gasteiger partial charge < -0.3 is 14.7 Å². The van der Waals surface area contributed by atoms with Crippen molar-refractivity contribution in [3.05, 3.63) is 89.5 Å². The van der Waals surface area contributed by atoms with Gasteiger partial charge in [-0.2, -0.15) is 0 Å². The van der Waals surface area contributed by atoms with Gasteiger partial charge in [0.05, 0.1) is 0 Å². The van der Waals surface area contributed by atoms with E-state index in [9.17, 15) is 9.90 Å². The van der Waals surface area contributed by atoms with Crippen LogP contribution in [0.5, 0.6) is 5.75 Å². The van der Waals surface area contributed by atoms with Crippen LogP contribution >= 0.6 is 0 Å². The van der Waals surface area contributed by atoms with Crippen LogP contribution in [0.2, 0.25) is 0 Å². The minimum absolute atomic E-state index is 0.0942. The molecule has 30 heavy (non-hydrogen) atoms. The normalized spacial score (nSPS) is 17.6. The molecular weight excluding hydrogens is 374 g/mol. The fraction of sp³-hybridized carbons (Fsp3) is 0.269. The van der Waals surface area contributed by atoms with Crippen LogP contribution in [0.1, 0.15) is 29.0 Å². The highest BCUT2D eigenvalue weighted by Gasteiger charge is 2.31. The van der Waals surface area contributed by atoms with Crippen LogP contribution in [0.4, 0.5) is 4.79 Å². The van der Waals surface area contributed by atoms with E-state index < -0.39 is 0 Å². The van der Waals surface area contributed by atoms with Gasteiger partial charge in [0, 0.05) is 19.0 Å². The first-order chi connectivity index (χ1) is 14.7. The first kappa shape index (κ1) is 18.7. The van der Waals surface area contributed by atoms with Gasteiger partial charge in [-0.15, -0.1) is 0 Å². The molecule has 1 unspecified atom stereocenters. The quantitative estimate of drug-likeness (QED) is 0.656. The Labute approximate surface area is 176 Å². The summed E-state index contributed by atoms with van der Waals surface area (Å²) < 4.78 is 5.79. The zero-order valence-corrected chi connectivity index (χ0v) is 16.8. The van der Waals surface area contributed by atoms with Crippen LogP contribution in [-0.2, 0) is 11.2 Å². The number of likely N-dealkylation sites (tertiary alicyclic amines) is 1. The number of amides is 1. The van der Waals surface area contributed by atoms with E-state index in [4.69, 9.17) is 4.74 Å². The van der Waals surface area contributed by atoms with Gasteiger partial charge in [0.25, 0.3) is 0 Å². The summed E-state index contributed by atoms with van der Waals surface area (Å²) in [5.74, 6) is 0.803. The van der Waals surface area contributed by atoms with E-state index in [1.807, 2.05) is 29.2 Å². The number of rotatable bonds is 4. The lowest BCUT2D eigenvalue weighted by molar-refractivity contribution is 0.106. The number of hydrogen-bond donors (Lipinski definition) is 1. The fourth-order valence-electron chi connectivity index (χ4n) is 4.82. The second-order valence-electron chi connectivity index (χ2n) is 8.28. The van der Waals surface area contributed by atoms with Gasteiger partial charge in [-0.3, -0.25) is 0 Å². The summed E-state index contributed by atoms with van der Waals surface area (Å²) in [6.45, 7) is 1.82. The molecule has 0 radical (unpaired) electrons. The smallest absolute Gasteiger partial charge is 0.409 e. The van der Waals surface area contributed by atoms with Gasteiger partial charge in [0.1, 0.15) is 12.4 Å². The summed E-state index contributed by atoms with van der Waals surface area (Å²) in [4.78, 5) is 14.6. The van der Waals surface area contributed by atoms with E-state index >= 15 is 0 Å². The molecule has 1 saturated heterocycles. The van der Waals surface area contributed by atoms with Gasteiger partial charge >= 0.3 is 6.09 Å². The van der Waals surface area contributed by atoms with Crippen molar-refractivity contribution >= 4 is 6.09 Å². The highest BCUT2D eigenvalue weighted by Crippen LogP contribution is 2.44. The molecule has 1 amide bonds. The number of carbonyl (C=O) groups is 1. The van der Waals surface area contributed by atoms with Crippen LogP contribution in [-0.4, -0.2) is 35.8 Å². The van der Waals surface area contributed by atoms with Crippen LogP contribution < -0.4 is 0 Å². The van der Waals surface area contributed by atoms with Crippen molar-refractivity contribution in [1.29, 1.82) is 0 Å². The maximum atomic E-state index is 12.7. The van der Waals surface area contributed by atoms with Gasteiger partial charge in [-0.25, -0.2) is 4.79 Å². The average Bonchev–Trinajstić information content (AvgIpc) is 3.37. The Morgan fingerprint density at radius 3 is 2.23 bits per heavy atom. The number of fused-ring (bicyclic) bond motifs is 3. The molecule has 3 aromatic carbocycles. The first-order valence-electron chi connectivity index (χ1n) is 10.6. The Kier molecular flexibility index (Phi) is 4.91. The summed E-state index contributed by atoms with van der Waals surface area (Å²) >= 11 is 0. The molecule has 1 N–H and O–H groups in total. The van der Waals surface area contributed by atoms with E-state index in [1.165, 1.54) is 27.8 Å². The predicted molar refractivity (Wildman–Crippen MR) is 117 cm³/mol. The Bertz CT molecular complexity index is 1010. The van der Waals surface area contributed by atoms with Crippen molar-refractivity contribution in [3.8, 4) is 16.9 Å². The van der Waals surface area contributed by atoms with Crippen molar-refractivity contribution in [2.24, 2.45) is 5.92 Å². The predicted octanol–water partition coefficient (Wildman–Crippen LogP) is 5.21. The molecule has 4 heteroatoms. The van der Waals surface area contributed by atoms with Crippen molar-refractivity contribution in [2.45, 2.75) is 18.8 Å². The summed E-state index contributed by atoms with van der Waals surface area (Å²) in [6, 6.07) is 24.1. The van der Waals surface area contributed by atoms with Crippen molar-refractivity contribution in [2.75, 3.05) is 19.7 Å². The minimum Gasteiger partial charge on any atom is -0.508 e. The molecule has 0 bridgehead atoms. The van der Waals surface area contributed by atoms with E-state index in [2.05, 4.69) is 36.4 Å². The van der Waals surface area contributed by atoms with E-state index in [-0.39, 0.29) is 17.8 Å². The van der Waals surface area contributed by atoms with Crippen LogP contribution in [0, 0.1) is 5.92 Å². The number of aromatic hydroxyl groups is 1. The van der Waals surface area contributed by atoms with Crippen LogP contribution in [0.3, 0.4) is 0 Å². The Hall–Kier alpha value is -3.27. The third-order valence-corrected chi connectivity index (χ3v) is 6.34. The number of phenolic OH excluding ortho intramolecular Hbond substituents is 1. The van der Waals surface area contributed by atoms with E-state index in [0.29, 0.717) is 12.5 Å². The number of ether oxygens (including phenoxy) is 1. The number of carbonyl (C=O) groups excluding carboxylic acids is 1. The average molecular weight is 399 g/mol. The SMILES string of the molecule is O=C(OCC1c2ccccc2-c2ccccc21)N1CCC(Cc2ccc(O)cc2)C1. The Balaban J connectivity index is 1.21. The van der Waals surface area contributed by atoms with Gasteiger partial charge in [-0.05, 0) is 58.7 Å². The lowest BCUT2D eigenvalue weighted by atomic mass is 9.98. The van der Waals surface area contributed by atoms with Crippen LogP contribution in [0.15, 0.2) is 72.8 Å². The first-order valence-corrected chi connectivity index (χ1v) is 10.6. The van der Waals surface area contributed by atoms with Gasteiger partial charge in [0.2, 0.25) is 0 Å². The maximum Gasteiger partial charge on any atom is 0.409 e. The Morgan fingerprint density at radius 2 is 1.57 bits per heavy atom. The topological polar surface area (TPSA) is 49.8 Å². The summed E-state index contributed by atoms with van der Waals surface area (Å²) in [7, 11) is 0. The molecule has 152 valence electrons. The zero-order valence-electron chi connectivity index (χ0n) is 16.8. The second-order valence-corrected chi connectivity index (χ2v) is 8.28. The van der Waals surface area contributed by atoms with Crippen LogP contribution in [0.25, 0.3) is 11.1 Å². The second kappa shape index (κ2) is 7.86. The summed E-state index contributed by atoms with van der Waals surface area (Å²) in [5.41, 5.74) is 6.14. The van der Waals surface area contributed by atoms with E-state index in [0.717, 1.165) is 25.9 Å². The van der Waals surface area contributed by atoms with Gasteiger partial charge in [0.15, 0.2) is 0 Å². The summed E-state index contributed by atoms with van der Waals surface area (Å²) in [5, 5.41) is 9.43. The number of hydrogen-bond acceptors (Lipinski definition) is 3. The molecule has 1 aliphatic carbocycles. The molecule has 3 aromatic rings. The molecule has 0 spiro atoms. The zero-order chi connectivity index (χ0) is 20.5. The highest BCUT2D eigenvalue weighted by molar-refractivity contribution is 5.79. The van der Waals surface area contributed by atoms with Crippen molar-refractivity contribution in [1.82, 2.24) is 4.90 Å². The van der Waals surface area contributed by atoms with Gasteiger partial charge in [-0.1, -0.05) is 60.7 Å². The lowest BCUT2D eigenvalue weighted by Crippen LogP contribution is -2.30. The maximum absolute atomic E-state index is 12.7. The molecule has 0 aromatic heterocycles. The molecule has 0 saturated carbocycles. The fourth-order valence-corrected chi connectivity index (χ4v) is 4.82. The standard InChI is InChI=1S/C26H25NO3/c28-20-11-9-18(10-12-20)15-19-13-14-27(16-19)26(29)30-17-25-23-7-3-1-5-21(23)22-6-2-4-8-24(22)25/h1-12,19,25,28H,13-17H2. The highest BCUT2D eigenvalue weighted by atomic mass is 16.6. The van der Waals surface area contributed by atoms with E-state index in [1.54, 1.807) is 12.1 Å². The molecule has 1 fully saturated rings. The molecular formula is C26H25NO3. The summed E-state index contributed by atoms with van der Waals surface area (Å²) in [6.07, 6.45) is 1.67. The molecule has 2 aliphatic rings. The van der Waals surface area contributed by atoms with Crippen molar-refractivity contribution in [3.63, 3.8) is 0 Å². The third-order valence-electron chi connectivity index (χ3n) is 6.34. The molecule has 1 heterocycles. The Morgan fingerprint density at radius 1 is 0.933 bits per heavy atom. The minimum atomic E-state index is -0.218. The number of benzene rings is 3. The largest absolute Gasteiger partial charge is 0.508 e. The number of phenols is 1. The number of nitrogens with zero attached hydrogens (tertiary/aromatic N) is 1. The lowest BCUT2D eigenvalue weighted by Gasteiger charge is -2.19. The molecule has 1 aliphatic heterocycles.